The number of halogens is 1. The van der Waals surface area contributed by atoms with Crippen LogP contribution in [0, 0.1) is 16.8 Å². The molecule has 0 amide bonds. The summed E-state index contributed by atoms with van der Waals surface area (Å²) in [4.78, 5) is 11.4. The lowest BCUT2D eigenvalue weighted by atomic mass is 10.1. The van der Waals surface area contributed by atoms with Gasteiger partial charge in [-0.3, -0.25) is 9.35 Å². The topological polar surface area (TPSA) is 80.7 Å². The van der Waals surface area contributed by atoms with Gasteiger partial charge in [-0.2, -0.15) is 8.42 Å². The molecule has 1 aliphatic heterocycles. The van der Waals surface area contributed by atoms with E-state index < -0.39 is 10.1 Å². The molecular formula is C20H29INO5S+. The number of carbonyl (C=O) groups is 1. The molecule has 0 atom stereocenters. The molecule has 156 valence electrons. The summed E-state index contributed by atoms with van der Waals surface area (Å²) in [6.45, 7) is 8.24. The maximum absolute atomic E-state index is 11.4. The van der Waals surface area contributed by atoms with Crippen molar-refractivity contribution in [2.75, 3.05) is 32.8 Å². The SMILES string of the molecule is CCOC(=O)CC[N+]1(CC#CI)CCCCC1.Cc1ccc(S(=O)(=O)O)cc1. The third-order valence-corrected chi connectivity index (χ3v) is 5.91. The fraction of sp³-hybridized carbons (Fsp3) is 0.550. The Hall–Kier alpha value is -1.15. The van der Waals surface area contributed by atoms with Gasteiger partial charge in [0, 0.05) is 22.6 Å². The first-order valence-electron chi connectivity index (χ1n) is 9.36. The van der Waals surface area contributed by atoms with Crippen molar-refractivity contribution in [3.05, 3.63) is 29.8 Å². The van der Waals surface area contributed by atoms with Gasteiger partial charge in [-0.1, -0.05) is 17.7 Å². The number of quaternary nitrogens is 1. The highest BCUT2D eigenvalue weighted by molar-refractivity contribution is 14.1. The minimum atomic E-state index is -4.02. The fourth-order valence-electron chi connectivity index (χ4n) is 3.11. The van der Waals surface area contributed by atoms with Gasteiger partial charge in [0.2, 0.25) is 0 Å². The first-order chi connectivity index (χ1) is 13.2. The largest absolute Gasteiger partial charge is 0.466 e. The summed E-state index contributed by atoms with van der Waals surface area (Å²) < 4.78 is 38.5. The Morgan fingerprint density at radius 3 is 2.32 bits per heavy atom. The molecule has 8 heteroatoms. The number of hydrogen-bond acceptors (Lipinski definition) is 4. The summed E-state index contributed by atoms with van der Waals surface area (Å²) in [7, 11) is -4.02. The van der Waals surface area contributed by atoms with E-state index in [1.807, 2.05) is 13.8 Å². The third-order valence-electron chi connectivity index (χ3n) is 4.66. The van der Waals surface area contributed by atoms with Crippen molar-refractivity contribution in [2.24, 2.45) is 0 Å². The average Bonchev–Trinajstić information content (AvgIpc) is 2.66. The lowest BCUT2D eigenvalue weighted by Crippen LogP contribution is -2.52. The quantitative estimate of drug-likeness (QED) is 0.203. The lowest BCUT2D eigenvalue weighted by Gasteiger charge is -2.39. The van der Waals surface area contributed by atoms with Crippen LogP contribution >= 0.6 is 22.6 Å². The smallest absolute Gasteiger partial charge is 0.311 e. The molecule has 2 rings (SSSR count). The molecule has 0 unspecified atom stereocenters. The Labute approximate surface area is 182 Å². The highest BCUT2D eigenvalue weighted by atomic mass is 127. The summed E-state index contributed by atoms with van der Waals surface area (Å²) in [6, 6.07) is 5.99. The Morgan fingerprint density at radius 2 is 1.82 bits per heavy atom. The third kappa shape index (κ3) is 9.37. The van der Waals surface area contributed by atoms with E-state index in [-0.39, 0.29) is 10.9 Å². The van der Waals surface area contributed by atoms with Crippen LogP contribution in [0.4, 0.5) is 0 Å². The molecule has 1 saturated heterocycles. The zero-order chi connectivity index (χ0) is 21.0. The molecule has 0 aromatic heterocycles. The number of likely N-dealkylation sites (tertiary alicyclic amines) is 1. The van der Waals surface area contributed by atoms with Crippen molar-refractivity contribution in [1.29, 1.82) is 0 Å². The minimum absolute atomic E-state index is 0.0666. The van der Waals surface area contributed by atoms with Crippen LogP contribution in [0.2, 0.25) is 0 Å². The van der Waals surface area contributed by atoms with E-state index in [4.69, 9.17) is 9.29 Å². The summed E-state index contributed by atoms with van der Waals surface area (Å²) in [5, 5.41) is 0. The van der Waals surface area contributed by atoms with Crippen molar-refractivity contribution in [1.82, 2.24) is 0 Å². The van der Waals surface area contributed by atoms with Crippen molar-refractivity contribution < 1.29 is 27.0 Å². The number of ether oxygens (including phenoxy) is 1. The molecule has 0 saturated carbocycles. The average molecular weight is 522 g/mol. The van der Waals surface area contributed by atoms with Crippen LogP contribution in [0.1, 0.15) is 38.2 Å². The molecule has 0 aliphatic carbocycles. The Bertz CT molecular complexity index is 775. The van der Waals surface area contributed by atoms with E-state index in [9.17, 15) is 13.2 Å². The minimum Gasteiger partial charge on any atom is -0.466 e. The first kappa shape index (κ1) is 24.9. The monoisotopic (exact) mass is 522 g/mol. The maximum Gasteiger partial charge on any atom is 0.311 e. The Kier molecular flexibility index (Phi) is 11.0. The predicted molar refractivity (Wildman–Crippen MR) is 118 cm³/mol. The Balaban J connectivity index is 0.000000307. The molecule has 6 nitrogen and oxygen atoms in total. The van der Waals surface area contributed by atoms with Gasteiger partial charge in [0.25, 0.3) is 10.1 Å². The van der Waals surface area contributed by atoms with Gasteiger partial charge < -0.3 is 9.22 Å². The van der Waals surface area contributed by atoms with Gasteiger partial charge in [0.05, 0.1) is 37.6 Å². The summed E-state index contributed by atoms with van der Waals surface area (Å²) >= 11 is 2.08. The van der Waals surface area contributed by atoms with E-state index in [1.54, 1.807) is 12.1 Å². The van der Waals surface area contributed by atoms with Crippen molar-refractivity contribution in [2.45, 2.75) is 44.4 Å². The number of aryl methyl sites for hydroxylation is 1. The van der Waals surface area contributed by atoms with Crippen molar-refractivity contribution in [3.63, 3.8) is 0 Å². The molecule has 1 fully saturated rings. The molecular weight excluding hydrogens is 493 g/mol. The zero-order valence-electron chi connectivity index (χ0n) is 16.5. The van der Waals surface area contributed by atoms with E-state index in [0.29, 0.717) is 13.0 Å². The number of piperidine rings is 1. The number of rotatable bonds is 6. The van der Waals surface area contributed by atoms with E-state index >= 15 is 0 Å². The van der Waals surface area contributed by atoms with Gasteiger partial charge in [-0.25, -0.2) is 0 Å². The standard InChI is InChI=1S/C13H21INO2.C7H8O3S/c1-2-17-13(16)7-12-15(11-6-8-14)9-4-3-5-10-15;1-6-2-4-7(5-3-6)11(8,9)10/h2-5,7,9-12H2,1H3;2-5H,1H3,(H,8,9,10)/q+1;. The van der Waals surface area contributed by atoms with Gasteiger partial charge in [0.1, 0.15) is 6.54 Å². The van der Waals surface area contributed by atoms with Crippen LogP contribution < -0.4 is 0 Å². The number of hydrogen-bond donors (Lipinski definition) is 1. The molecule has 0 spiro atoms. The Morgan fingerprint density at radius 1 is 1.21 bits per heavy atom. The second-order valence-electron chi connectivity index (χ2n) is 6.85. The van der Waals surface area contributed by atoms with Crippen molar-refractivity contribution >= 4 is 38.7 Å². The van der Waals surface area contributed by atoms with E-state index in [0.717, 1.165) is 36.2 Å². The molecule has 1 aromatic carbocycles. The summed E-state index contributed by atoms with van der Waals surface area (Å²) in [6.07, 6.45) is 4.35. The first-order valence-corrected chi connectivity index (χ1v) is 11.9. The highest BCUT2D eigenvalue weighted by Gasteiger charge is 2.29. The zero-order valence-corrected chi connectivity index (χ0v) is 19.5. The van der Waals surface area contributed by atoms with Gasteiger partial charge in [-0.15, -0.1) is 0 Å². The molecule has 1 aromatic rings. The highest BCUT2D eigenvalue weighted by Crippen LogP contribution is 2.19. The van der Waals surface area contributed by atoms with Gasteiger partial charge in [-0.05, 0) is 55.1 Å². The molecule has 0 bridgehead atoms. The number of carbonyl (C=O) groups excluding carboxylic acids is 1. The fourth-order valence-corrected chi connectivity index (χ4v) is 3.76. The number of benzene rings is 1. The lowest BCUT2D eigenvalue weighted by molar-refractivity contribution is -0.925. The number of nitrogens with zero attached hydrogens (tertiary/aromatic N) is 1. The second kappa shape index (κ2) is 12.4. The van der Waals surface area contributed by atoms with Crippen LogP contribution in [0.5, 0.6) is 0 Å². The van der Waals surface area contributed by atoms with Crippen LogP contribution in [-0.2, 0) is 19.6 Å². The molecule has 0 radical (unpaired) electrons. The summed E-state index contributed by atoms with van der Waals surface area (Å²) in [5.74, 6) is 3.10. The van der Waals surface area contributed by atoms with Gasteiger partial charge >= 0.3 is 5.97 Å². The van der Waals surface area contributed by atoms with Crippen LogP contribution in [0.15, 0.2) is 29.2 Å². The number of esters is 1. The molecule has 28 heavy (non-hydrogen) atoms. The van der Waals surface area contributed by atoms with E-state index in [2.05, 4.69) is 32.4 Å². The second-order valence-corrected chi connectivity index (χ2v) is 8.81. The van der Waals surface area contributed by atoms with Gasteiger partial charge in [0.15, 0.2) is 0 Å². The normalized spacial score (nSPS) is 15.4. The maximum atomic E-state index is 11.4. The molecule has 1 aliphatic rings. The van der Waals surface area contributed by atoms with E-state index in [1.165, 1.54) is 31.4 Å². The van der Waals surface area contributed by atoms with Crippen LogP contribution in [-0.4, -0.2) is 56.2 Å². The molecule has 1 heterocycles. The van der Waals surface area contributed by atoms with Crippen molar-refractivity contribution in [3.8, 4) is 9.85 Å². The summed E-state index contributed by atoms with van der Waals surface area (Å²) in [5.41, 5.74) is 0.956. The van der Waals surface area contributed by atoms with Crippen LogP contribution in [0.3, 0.4) is 0 Å². The predicted octanol–water partition coefficient (Wildman–Crippen LogP) is 3.58. The molecule has 1 N–H and O–H groups in total. The van der Waals surface area contributed by atoms with Crippen LogP contribution in [0.25, 0.3) is 0 Å².